The zero-order valence-electron chi connectivity index (χ0n) is 19.2. The first-order chi connectivity index (χ1) is 14.8. The van der Waals surface area contributed by atoms with Gasteiger partial charge in [-0.15, -0.1) is 0 Å². The molecule has 166 valence electrons. The molecule has 3 aromatic heterocycles. The van der Waals surface area contributed by atoms with E-state index in [1.807, 2.05) is 33.2 Å². The molecule has 5 heterocycles. The molecule has 0 unspecified atom stereocenters. The van der Waals surface area contributed by atoms with Crippen LogP contribution in [0.3, 0.4) is 0 Å². The second-order valence-electron chi connectivity index (χ2n) is 9.03. The van der Waals surface area contributed by atoms with Crippen LogP contribution in [-0.4, -0.2) is 69.1 Å². The van der Waals surface area contributed by atoms with Gasteiger partial charge in [0.05, 0.1) is 24.6 Å². The fourth-order valence-corrected chi connectivity index (χ4v) is 3.85. The minimum absolute atomic E-state index is 0.295. The molecule has 2 saturated heterocycles. The summed E-state index contributed by atoms with van der Waals surface area (Å²) in [5.74, 6) is 1.67. The van der Waals surface area contributed by atoms with Gasteiger partial charge in [0.2, 0.25) is 5.95 Å². The average Bonchev–Trinajstić information content (AvgIpc) is 3.37. The van der Waals surface area contributed by atoms with Crippen LogP contribution in [0.1, 0.15) is 31.7 Å². The van der Waals surface area contributed by atoms with E-state index in [0.29, 0.717) is 24.3 Å². The van der Waals surface area contributed by atoms with Gasteiger partial charge >= 0.3 is 0 Å². The third-order valence-electron chi connectivity index (χ3n) is 5.82. The van der Waals surface area contributed by atoms with Gasteiger partial charge in [0.25, 0.3) is 0 Å². The quantitative estimate of drug-likeness (QED) is 0.620. The summed E-state index contributed by atoms with van der Waals surface area (Å²) in [7, 11) is 1.89. The molecule has 2 fully saturated rings. The van der Waals surface area contributed by atoms with Gasteiger partial charge in [0.15, 0.2) is 17.0 Å². The molecule has 0 radical (unpaired) electrons. The zero-order valence-corrected chi connectivity index (χ0v) is 19.2. The maximum atomic E-state index is 5.47. The number of anilines is 2. The molecule has 0 aliphatic carbocycles. The Hall–Kier alpha value is -2.81. The summed E-state index contributed by atoms with van der Waals surface area (Å²) in [5.41, 5.74) is 3.67. The fraction of sp³-hybridized carbons (Fsp3) is 0.591. The highest BCUT2D eigenvalue weighted by molar-refractivity contribution is 5.84. The van der Waals surface area contributed by atoms with Gasteiger partial charge in [-0.05, 0) is 31.7 Å². The van der Waals surface area contributed by atoms with E-state index in [1.54, 1.807) is 10.9 Å². The van der Waals surface area contributed by atoms with E-state index < -0.39 is 0 Å². The maximum Gasteiger partial charge on any atom is 0.229 e. The van der Waals surface area contributed by atoms with Gasteiger partial charge < -0.3 is 14.5 Å². The third-order valence-corrected chi connectivity index (χ3v) is 5.82. The second kappa shape index (κ2) is 8.74. The van der Waals surface area contributed by atoms with Gasteiger partial charge in [-0.25, -0.2) is 9.97 Å². The predicted molar refractivity (Wildman–Crippen MR) is 121 cm³/mol. The Morgan fingerprint density at radius 3 is 2.26 bits per heavy atom. The van der Waals surface area contributed by atoms with E-state index in [4.69, 9.17) is 24.7 Å². The van der Waals surface area contributed by atoms with E-state index >= 15 is 0 Å². The standard InChI is InChI=1S/C18H26N6O.C4H6N2/c1-12-13(2)20-15-14(19-12)16(24-6-5-18(3,4)11-24)22-17(21-15)23-7-9-25-10-8-23;1-6-4-2-3-5-6/h5-11H2,1-4H3;2-4H,1H3. The molecule has 0 saturated carbocycles. The van der Waals surface area contributed by atoms with E-state index in [-0.39, 0.29) is 0 Å². The lowest BCUT2D eigenvalue weighted by atomic mass is 9.93. The van der Waals surface area contributed by atoms with Crippen LogP contribution in [0, 0.1) is 19.3 Å². The van der Waals surface area contributed by atoms with Crippen LogP contribution in [0.4, 0.5) is 11.8 Å². The summed E-state index contributed by atoms with van der Waals surface area (Å²) in [4.78, 5) is 23.7. The molecule has 0 atom stereocenters. The van der Waals surface area contributed by atoms with Gasteiger partial charge in [-0.2, -0.15) is 15.1 Å². The highest BCUT2D eigenvalue weighted by Crippen LogP contribution is 2.34. The lowest BCUT2D eigenvalue weighted by molar-refractivity contribution is 0.122. The molecule has 0 bridgehead atoms. The van der Waals surface area contributed by atoms with Crippen molar-refractivity contribution in [1.82, 2.24) is 29.7 Å². The minimum atomic E-state index is 0.295. The first-order valence-corrected chi connectivity index (χ1v) is 10.9. The first-order valence-electron chi connectivity index (χ1n) is 10.9. The normalized spacial score (nSPS) is 18.2. The summed E-state index contributed by atoms with van der Waals surface area (Å²) in [6, 6.07) is 1.89. The average molecular weight is 425 g/mol. The van der Waals surface area contributed by atoms with Crippen molar-refractivity contribution in [2.45, 2.75) is 34.1 Å². The topological polar surface area (TPSA) is 85.1 Å². The van der Waals surface area contributed by atoms with Crippen molar-refractivity contribution in [3.8, 4) is 0 Å². The van der Waals surface area contributed by atoms with Crippen molar-refractivity contribution >= 4 is 22.9 Å². The highest BCUT2D eigenvalue weighted by atomic mass is 16.5. The summed E-state index contributed by atoms with van der Waals surface area (Å²) < 4.78 is 7.22. The van der Waals surface area contributed by atoms with E-state index in [0.717, 1.165) is 61.3 Å². The van der Waals surface area contributed by atoms with Gasteiger partial charge in [0, 0.05) is 45.6 Å². The third kappa shape index (κ3) is 4.92. The zero-order chi connectivity index (χ0) is 22.0. The molecule has 0 amide bonds. The summed E-state index contributed by atoms with van der Waals surface area (Å²) >= 11 is 0. The Labute approximate surface area is 183 Å². The van der Waals surface area contributed by atoms with Crippen LogP contribution in [0.25, 0.3) is 11.2 Å². The fourth-order valence-electron chi connectivity index (χ4n) is 3.85. The van der Waals surface area contributed by atoms with Gasteiger partial charge in [-0.3, -0.25) is 4.68 Å². The van der Waals surface area contributed by atoms with E-state index in [9.17, 15) is 0 Å². The second-order valence-corrected chi connectivity index (χ2v) is 9.03. The summed E-state index contributed by atoms with van der Waals surface area (Å²) in [6.45, 7) is 13.6. The van der Waals surface area contributed by atoms with Crippen molar-refractivity contribution in [2.24, 2.45) is 12.5 Å². The number of ether oxygens (including phenoxy) is 1. The molecule has 31 heavy (non-hydrogen) atoms. The van der Waals surface area contributed by atoms with E-state index in [2.05, 4.69) is 28.7 Å². The lowest BCUT2D eigenvalue weighted by Crippen LogP contribution is -2.37. The van der Waals surface area contributed by atoms with Gasteiger partial charge in [-0.1, -0.05) is 13.8 Å². The molecule has 2 aliphatic rings. The molecule has 5 rings (SSSR count). The number of fused-ring (bicyclic) bond motifs is 1. The molecule has 3 aromatic rings. The number of aryl methyl sites for hydroxylation is 3. The molecule has 9 heteroatoms. The monoisotopic (exact) mass is 424 g/mol. The SMILES string of the molecule is Cc1nc2nc(N3CCOCC3)nc(N3CCC(C)(C)C3)c2nc1C.Cn1cccn1. The Bertz CT molecular complexity index is 1030. The molecule has 0 spiro atoms. The minimum Gasteiger partial charge on any atom is -0.378 e. The molecular weight excluding hydrogens is 392 g/mol. The van der Waals surface area contributed by atoms with Crippen molar-refractivity contribution in [3.05, 3.63) is 29.8 Å². The number of hydrogen-bond donors (Lipinski definition) is 0. The van der Waals surface area contributed by atoms with Crippen molar-refractivity contribution in [1.29, 1.82) is 0 Å². The predicted octanol–water partition coefficient (Wildman–Crippen LogP) is 2.53. The Balaban J connectivity index is 0.000000334. The largest absolute Gasteiger partial charge is 0.378 e. The Kier molecular flexibility index (Phi) is 6.04. The number of aromatic nitrogens is 6. The lowest BCUT2D eigenvalue weighted by Gasteiger charge is -2.28. The smallest absolute Gasteiger partial charge is 0.229 e. The first kappa shape index (κ1) is 21.4. The van der Waals surface area contributed by atoms with Gasteiger partial charge in [0.1, 0.15) is 0 Å². The highest BCUT2D eigenvalue weighted by Gasteiger charge is 2.32. The van der Waals surface area contributed by atoms with Crippen LogP contribution in [0.15, 0.2) is 18.5 Å². The number of morpholine rings is 1. The Morgan fingerprint density at radius 1 is 0.935 bits per heavy atom. The summed E-state index contributed by atoms with van der Waals surface area (Å²) in [5, 5.41) is 3.83. The van der Waals surface area contributed by atoms with Crippen LogP contribution in [-0.2, 0) is 11.8 Å². The molecule has 0 N–H and O–H groups in total. The van der Waals surface area contributed by atoms with Crippen LogP contribution >= 0.6 is 0 Å². The molecule has 0 aromatic carbocycles. The van der Waals surface area contributed by atoms with E-state index in [1.165, 1.54) is 0 Å². The molecule has 2 aliphatic heterocycles. The Morgan fingerprint density at radius 2 is 1.68 bits per heavy atom. The van der Waals surface area contributed by atoms with Crippen LogP contribution < -0.4 is 9.80 Å². The maximum absolute atomic E-state index is 5.47. The van der Waals surface area contributed by atoms with Crippen LogP contribution in [0.5, 0.6) is 0 Å². The van der Waals surface area contributed by atoms with Crippen molar-refractivity contribution < 1.29 is 4.74 Å². The number of rotatable bonds is 2. The number of nitrogens with zero attached hydrogens (tertiary/aromatic N) is 8. The van der Waals surface area contributed by atoms with Crippen LogP contribution in [0.2, 0.25) is 0 Å². The molecular formula is C22H32N8O. The number of hydrogen-bond acceptors (Lipinski definition) is 8. The summed E-state index contributed by atoms with van der Waals surface area (Å²) in [6.07, 6.45) is 4.80. The van der Waals surface area contributed by atoms with Crippen molar-refractivity contribution in [2.75, 3.05) is 49.2 Å². The molecule has 9 nitrogen and oxygen atoms in total. The van der Waals surface area contributed by atoms with Crippen molar-refractivity contribution in [3.63, 3.8) is 0 Å².